The molecule has 0 unspecified atom stereocenters. The number of piperazine rings is 1. The maximum absolute atomic E-state index is 12.6. The highest BCUT2D eigenvalue weighted by molar-refractivity contribution is 6.36. The summed E-state index contributed by atoms with van der Waals surface area (Å²) in [6, 6.07) is 14.8. The molecule has 4 aliphatic rings. The number of hydrogen-bond donors (Lipinski definition) is 0. The molecule has 1 aromatic heterocycles. The molecule has 9 nitrogen and oxygen atoms in total. The summed E-state index contributed by atoms with van der Waals surface area (Å²) in [5.41, 5.74) is 3.35. The summed E-state index contributed by atoms with van der Waals surface area (Å²) < 4.78 is 6.51. The molecule has 2 aromatic carbocycles. The van der Waals surface area contributed by atoms with Crippen LogP contribution >= 0.6 is 11.6 Å². The highest BCUT2D eigenvalue weighted by atomic mass is 35.5. The van der Waals surface area contributed by atoms with Crippen LogP contribution in [0.2, 0.25) is 5.02 Å². The van der Waals surface area contributed by atoms with Crippen molar-refractivity contribution in [2.75, 3.05) is 62.2 Å². The molecule has 46 heavy (non-hydrogen) atoms. The first-order valence-corrected chi connectivity index (χ1v) is 17.1. The fourth-order valence-electron chi connectivity index (χ4n) is 7.53. The molecule has 2 saturated heterocycles. The Balaban J connectivity index is 1.19. The molecular formula is C36H42ClN7O2. The van der Waals surface area contributed by atoms with Gasteiger partial charge < -0.3 is 24.3 Å². The molecule has 0 spiro atoms. The summed E-state index contributed by atoms with van der Waals surface area (Å²) in [5.74, 6) is 0.728. The maximum atomic E-state index is 12.6. The Labute approximate surface area is 276 Å². The second kappa shape index (κ2) is 13.1. The number of piperidine rings is 1. The first-order valence-electron chi connectivity index (χ1n) is 16.7. The number of rotatable bonds is 9. The van der Waals surface area contributed by atoms with Gasteiger partial charge in [-0.3, -0.25) is 4.79 Å². The van der Waals surface area contributed by atoms with Gasteiger partial charge in [0.2, 0.25) is 5.91 Å². The van der Waals surface area contributed by atoms with E-state index in [-0.39, 0.29) is 23.8 Å². The largest absolute Gasteiger partial charge is 0.463 e. The van der Waals surface area contributed by atoms with E-state index in [1.807, 2.05) is 12.1 Å². The molecule has 10 heteroatoms. The van der Waals surface area contributed by atoms with Gasteiger partial charge in [0.25, 0.3) is 0 Å². The fraction of sp³-hybridized carbons (Fsp3) is 0.500. The van der Waals surface area contributed by atoms with Gasteiger partial charge in [-0.2, -0.15) is 15.2 Å². The first kappa shape index (κ1) is 30.8. The summed E-state index contributed by atoms with van der Waals surface area (Å²) >= 11 is 6.74. The van der Waals surface area contributed by atoms with E-state index < -0.39 is 0 Å². The number of fused-ring (bicyclic) bond motifs is 2. The lowest BCUT2D eigenvalue weighted by Gasteiger charge is -2.42. The number of ether oxygens (including phenoxy) is 1. The molecule has 3 aliphatic heterocycles. The van der Waals surface area contributed by atoms with E-state index in [1.54, 1.807) is 4.90 Å². The first-order chi connectivity index (χ1) is 22.5. The highest BCUT2D eigenvalue weighted by Gasteiger charge is 2.45. The Morgan fingerprint density at radius 2 is 1.87 bits per heavy atom. The average molecular weight is 640 g/mol. The van der Waals surface area contributed by atoms with Gasteiger partial charge in [-0.15, -0.1) is 0 Å². The lowest BCUT2D eigenvalue weighted by molar-refractivity contribution is -0.128. The molecule has 1 aliphatic carbocycles. The number of nitriles is 1. The Bertz CT molecular complexity index is 1660. The zero-order chi connectivity index (χ0) is 31.7. The number of likely N-dealkylation sites (tertiary alicyclic amines) is 1. The zero-order valence-electron chi connectivity index (χ0n) is 26.5. The number of halogens is 1. The molecule has 0 radical (unpaired) electrons. The van der Waals surface area contributed by atoms with Gasteiger partial charge in [0, 0.05) is 54.8 Å². The monoisotopic (exact) mass is 639 g/mol. The normalized spacial score (nSPS) is 21.0. The molecule has 0 N–H and O–H groups in total. The quantitative estimate of drug-likeness (QED) is 0.279. The molecule has 1 saturated carbocycles. The lowest BCUT2D eigenvalue weighted by atomic mass is 10.0. The van der Waals surface area contributed by atoms with Gasteiger partial charge in [0.15, 0.2) is 0 Å². The predicted molar refractivity (Wildman–Crippen MR) is 181 cm³/mol. The van der Waals surface area contributed by atoms with Crippen LogP contribution in [0.3, 0.4) is 0 Å². The van der Waals surface area contributed by atoms with Gasteiger partial charge >= 0.3 is 6.01 Å². The van der Waals surface area contributed by atoms with Crippen LogP contribution in [0.25, 0.3) is 10.8 Å². The van der Waals surface area contributed by atoms with Crippen molar-refractivity contribution >= 4 is 39.8 Å². The lowest BCUT2D eigenvalue weighted by Crippen LogP contribution is -2.55. The van der Waals surface area contributed by atoms with Crippen molar-refractivity contribution in [3.63, 3.8) is 0 Å². The highest BCUT2D eigenvalue weighted by Crippen LogP contribution is 2.47. The van der Waals surface area contributed by atoms with E-state index in [0.29, 0.717) is 38.8 Å². The second-order valence-corrected chi connectivity index (χ2v) is 13.8. The average Bonchev–Trinajstić information content (AvgIpc) is 3.86. The van der Waals surface area contributed by atoms with Gasteiger partial charge in [-0.1, -0.05) is 48.9 Å². The number of hydrogen-bond acceptors (Lipinski definition) is 8. The number of anilines is 2. The van der Waals surface area contributed by atoms with Gasteiger partial charge in [-0.05, 0) is 68.8 Å². The van der Waals surface area contributed by atoms with E-state index in [9.17, 15) is 10.1 Å². The SMILES string of the molecule is C=CC(=O)N1CCN(c2nc(OCC3(CN4CCCCC4)CC3)nc3c2CCN(c2cccc4cccc(Cl)c24)C3)C[C@@H]1CC#N. The second-order valence-electron chi connectivity index (χ2n) is 13.4. The van der Waals surface area contributed by atoms with Gasteiger partial charge in [0.05, 0.1) is 42.4 Å². The Kier molecular flexibility index (Phi) is 8.76. The van der Waals surface area contributed by atoms with Crippen LogP contribution in [0.4, 0.5) is 11.5 Å². The molecule has 3 aromatic rings. The van der Waals surface area contributed by atoms with Crippen molar-refractivity contribution in [3.8, 4) is 12.1 Å². The molecule has 7 rings (SSSR count). The van der Waals surface area contributed by atoms with Crippen LogP contribution in [0.1, 0.15) is 49.8 Å². The molecule has 240 valence electrons. The smallest absolute Gasteiger partial charge is 0.318 e. The molecular weight excluding hydrogens is 598 g/mol. The topological polar surface area (TPSA) is 88.8 Å². The number of carbonyl (C=O) groups excluding carboxylic acids is 1. The van der Waals surface area contributed by atoms with Crippen molar-refractivity contribution in [2.24, 2.45) is 5.41 Å². The minimum atomic E-state index is -0.239. The number of amides is 1. The van der Waals surface area contributed by atoms with Crippen LogP contribution in [0.5, 0.6) is 6.01 Å². The van der Waals surface area contributed by atoms with Crippen molar-refractivity contribution < 1.29 is 9.53 Å². The Hall–Kier alpha value is -3.87. The summed E-state index contributed by atoms with van der Waals surface area (Å²) in [5, 5.41) is 12.5. The number of benzene rings is 2. The minimum Gasteiger partial charge on any atom is -0.463 e. The number of aromatic nitrogens is 2. The van der Waals surface area contributed by atoms with Crippen LogP contribution in [0, 0.1) is 16.7 Å². The Morgan fingerprint density at radius 3 is 2.63 bits per heavy atom. The van der Waals surface area contributed by atoms with E-state index in [4.69, 9.17) is 26.3 Å². The third-order valence-electron chi connectivity index (χ3n) is 10.2. The van der Waals surface area contributed by atoms with Crippen molar-refractivity contribution in [1.82, 2.24) is 19.8 Å². The predicted octanol–water partition coefficient (Wildman–Crippen LogP) is 5.61. The minimum absolute atomic E-state index is 0.138. The maximum Gasteiger partial charge on any atom is 0.318 e. The molecule has 0 bridgehead atoms. The van der Waals surface area contributed by atoms with Crippen molar-refractivity contribution in [2.45, 2.75) is 57.5 Å². The number of carbonyl (C=O) groups is 1. The summed E-state index contributed by atoms with van der Waals surface area (Å²) in [6.45, 7) is 10.8. The van der Waals surface area contributed by atoms with E-state index in [2.05, 4.69) is 51.6 Å². The summed E-state index contributed by atoms with van der Waals surface area (Å²) in [4.78, 5) is 31.7. The summed E-state index contributed by atoms with van der Waals surface area (Å²) in [6.07, 6.45) is 8.60. The molecule has 1 atom stereocenters. The summed E-state index contributed by atoms with van der Waals surface area (Å²) in [7, 11) is 0. The fourth-order valence-corrected chi connectivity index (χ4v) is 7.81. The van der Waals surface area contributed by atoms with E-state index in [1.165, 1.54) is 51.3 Å². The van der Waals surface area contributed by atoms with Crippen LogP contribution in [-0.2, 0) is 17.8 Å². The van der Waals surface area contributed by atoms with Crippen LogP contribution in [0.15, 0.2) is 49.1 Å². The third-order valence-corrected chi connectivity index (χ3v) is 10.5. The van der Waals surface area contributed by atoms with Crippen LogP contribution < -0.4 is 14.5 Å². The Morgan fingerprint density at radius 1 is 1.07 bits per heavy atom. The molecule has 4 heterocycles. The standard InChI is InChI=1S/C36H42ClN7O2/c1-2-32(45)44-21-20-43(22-27(44)12-16-38)34-28-13-19-42(31-11-7-9-26-8-6-10-29(37)33(26)31)23-30(28)39-35(40-34)46-25-36(14-15-36)24-41-17-4-3-5-18-41/h2,6-11,27H,1,3-5,12-15,17-25H2/t27-/m0/s1. The number of nitrogens with zero attached hydrogens (tertiary/aromatic N) is 7. The van der Waals surface area contributed by atoms with Gasteiger partial charge in [-0.25, -0.2) is 0 Å². The molecule has 1 amide bonds. The van der Waals surface area contributed by atoms with Crippen molar-refractivity contribution in [3.05, 3.63) is 65.3 Å². The van der Waals surface area contributed by atoms with E-state index in [0.717, 1.165) is 58.1 Å². The van der Waals surface area contributed by atoms with Crippen molar-refractivity contribution in [1.29, 1.82) is 5.26 Å². The zero-order valence-corrected chi connectivity index (χ0v) is 27.2. The van der Waals surface area contributed by atoms with Crippen LogP contribution in [-0.4, -0.2) is 84.1 Å². The molecule has 3 fully saturated rings. The van der Waals surface area contributed by atoms with Gasteiger partial charge in [0.1, 0.15) is 5.82 Å². The van der Waals surface area contributed by atoms with E-state index >= 15 is 0 Å². The third kappa shape index (κ3) is 6.25.